The molecule has 1 aromatic rings. The molecule has 4 heteroatoms. The van der Waals surface area contributed by atoms with Crippen molar-refractivity contribution in [2.75, 3.05) is 7.11 Å². The Morgan fingerprint density at radius 1 is 1.40 bits per heavy atom. The number of aromatic nitrogens is 2. The fourth-order valence-electron chi connectivity index (χ4n) is 2.77. The molecule has 0 spiro atoms. The van der Waals surface area contributed by atoms with Gasteiger partial charge in [-0.15, -0.1) is 0 Å². The lowest BCUT2D eigenvalue weighted by molar-refractivity contribution is -0.0599. The van der Waals surface area contributed by atoms with Gasteiger partial charge in [0.05, 0.1) is 5.69 Å². The summed E-state index contributed by atoms with van der Waals surface area (Å²) in [4.78, 5) is 9.23. The van der Waals surface area contributed by atoms with E-state index in [1.807, 2.05) is 12.3 Å². The Morgan fingerprint density at radius 3 is 2.70 bits per heavy atom. The highest BCUT2D eigenvalue weighted by atomic mass is 16.5. The predicted molar refractivity (Wildman–Crippen MR) is 80.3 cm³/mol. The number of hydrogen-bond donors (Lipinski definition) is 1. The van der Waals surface area contributed by atoms with E-state index in [2.05, 4.69) is 31.1 Å². The highest BCUT2D eigenvalue weighted by Gasteiger charge is 2.38. The van der Waals surface area contributed by atoms with Crippen LogP contribution in [0.2, 0.25) is 0 Å². The fraction of sp³-hybridized carbons (Fsp3) is 0.750. The molecule has 0 aromatic carbocycles. The zero-order valence-electron chi connectivity index (χ0n) is 13.1. The smallest absolute Gasteiger partial charge is 0.160 e. The highest BCUT2D eigenvalue weighted by Crippen LogP contribution is 2.40. The van der Waals surface area contributed by atoms with Gasteiger partial charge in [0.1, 0.15) is 5.60 Å². The molecular weight excluding hydrogens is 250 g/mol. The van der Waals surface area contributed by atoms with Crippen LogP contribution in [-0.4, -0.2) is 23.1 Å². The number of ether oxygens (including phenoxy) is 1. The first-order valence-corrected chi connectivity index (χ1v) is 7.66. The van der Waals surface area contributed by atoms with Crippen LogP contribution < -0.4 is 5.32 Å². The van der Waals surface area contributed by atoms with Crippen molar-refractivity contribution in [2.24, 2.45) is 5.92 Å². The molecule has 1 N–H and O–H groups in total. The lowest BCUT2D eigenvalue weighted by Gasteiger charge is -2.37. The van der Waals surface area contributed by atoms with Crippen LogP contribution in [0.1, 0.15) is 58.0 Å². The number of rotatable bonds is 5. The third kappa shape index (κ3) is 3.55. The van der Waals surface area contributed by atoms with Crippen LogP contribution in [0, 0.1) is 5.92 Å². The molecule has 1 aliphatic rings. The molecule has 4 nitrogen and oxygen atoms in total. The average molecular weight is 277 g/mol. The highest BCUT2D eigenvalue weighted by molar-refractivity contribution is 5.10. The van der Waals surface area contributed by atoms with Gasteiger partial charge in [-0.05, 0) is 37.7 Å². The molecule has 0 radical (unpaired) electrons. The van der Waals surface area contributed by atoms with Crippen molar-refractivity contribution in [1.29, 1.82) is 0 Å². The molecule has 112 valence electrons. The van der Waals surface area contributed by atoms with Crippen molar-refractivity contribution in [3.63, 3.8) is 0 Å². The molecule has 1 aliphatic carbocycles. The standard InChI is InChI=1S/C16H27N3O/c1-12(2)18-11-14-7-10-17-15(19-14)16(20-4)8-5-13(3)6-9-16/h7,10,12-13,18H,5-6,8-9,11H2,1-4H3. The summed E-state index contributed by atoms with van der Waals surface area (Å²) in [5, 5.41) is 3.40. The second kappa shape index (κ2) is 6.64. The van der Waals surface area contributed by atoms with E-state index in [0.29, 0.717) is 6.04 Å². The van der Waals surface area contributed by atoms with Crippen LogP contribution in [0.4, 0.5) is 0 Å². The third-order valence-corrected chi connectivity index (χ3v) is 4.28. The maximum absolute atomic E-state index is 5.85. The van der Waals surface area contributed by atoms with Crippen LogP contribution in [-0.2, 0) is 16.9 Å². The van der Waals surface area contributed by atoms with Crippen LogP contribution in [0.3, 0.4) is 0 Å². The summed E-state index contributed by atoms with van der Waals surface area (Å²) in [6.45, 7) is 7.37. The number of hydrogen-bond acceptors (Lipinski definition) is 4. The monoisotopic (exact) mass is 277 g/mol. The minimum Gasteiger partial charge on any atom is -0.370 e. The van der Waals surface area contributed by atoms with Gasteiger partial charge in [-0.25, -0.2) is 9.97 Å². The Morgan fingerprint density at radius 2 is 2.10 bits per heavy atom. The molecule has 0 unspecified atom stereocenters. The van der Waals surface area contributed by atoms with Gasteiger partial charge in [0.15, 0.2) is 5.82 Å². The van der Waals surface area contributed by atoms with Gasteiger partial charge in [-0.1, -0.05) is 20.8 Å². The number of nitrogens with one attached hydrogen (secondary N) is 1. The number of methoxy groups -OCH3 is 1. The van der Waals surface area contributed by atoms with Gasteiger partial charge in [-0.3, -0.25) is 0 Å². The largest absolute Gasteiger partial charge is 0.370 e. The maximum atomic E-state index is 5.85. The summed E-state index contributed by atoms with van der Waals surface area (Å²) in [5.41, 5.74) is 0.763. The molecule has 1 saturated carbocycles. The Labute approximate surface area is 122 Å². The average Bonchev–Trinajstić information content (AvgIpc) is 2.47. The summed E-state index contributed by atoms with van der Waals surface area (Å²) >= 11 is 0. The Balaban J connectivity index is 2.15. The van der Waals surface area contributed by atoms with Gasteiger partial charge < -0.3 is 10.1 Å². The minimum atomic E-state index is -0.277. The molecule has 2 rings (SSSR count). The summed E-state index contributed by atoms with van der Waals surface area (Å²) < 4.78 is 5.85. The van der Waals surface area contributed by atoms with Crippen molar-refractivity contribution in [3.8, 4) is 0 Å². The molecule has 0 saturated heterocycles. The Kier molecular flexibility index (Phi) is 5.11. The summed E-state index contributed by atoms with van der Waals surface area (Å²) in [7, 11) is 1.79. The zero-order chi connectivity index (χ0) is 14.6. The third-order valence-electron chi connectivity index (χ3n) is 4.28. The van der Waals surface area contributed by atoms with E-state index < -0.39 is 0 Å². The van der Waals surface area contributed by atoms with Gasteiger partial charge in [0.2, 0.25) is 0 Å². The first-order valence-electron chi connectivity index (χ1n) is 7.66. The van der Waals surface area contributed by atoms with Crippen molar-refractivity contribution >= 4 is 0 Å². The number of nitrogens with zero attached hydrogens (tertiary/aromatic N) is 2. The van der Waals surface area contributed by atoms with E-state index in [-0.39, 0.29) is 5.60 Å². The van der Waals surface area contributed by atoms with E-state index in [4.69, 9.17) is 9.72 Å². The van der Waals surface area contributed by atoms with Crippen molar-refractivity contribution in [1.82, 2.24) is 15.3 Å². The summed E-state index contributed by atoms with van der Waals surface area (Å²) in [6, 6.07) is 2.44. The molecule has 0 bridgehead atoms. The van der Waals surface area contributed by atoms with Gasteiger partial charge in [-0.2, -0.15) is 0 Å². The second-order valence-corrected chi connectivity index (χ2v) is 6.29. The van der Waals surface area contributed by atoms with E-state index >= 15 is 0 Å². The molecule has 0 aliphatic heterocycles. The normalized spacial score (nSPS) is 26.9. The first kappa shape index (κ1) is 15.4. The van der Waals surface area contributed by atoms with Gasteiger partial charge in [0, 0.05) is 25.9 Å². The molecule has 1 fully saturated rings. The van der Waals surface area contributed by atoms with Crippen molar-refractivity contribution in [2.45, 2.75) is 64.6 Å². The quantitative estimate of drug-likeness (QED) is 0.898. The van der Waals surface area contributed by atoms with Crippen molar-refractivity contribution in [3.05, 3.63) is 23.8 Å². The minimum absolute atomic E-state index is 0.277. The van der Waals surface area contributed by atoms with E-state index in [9.17, 15) is 0 Å². The molecule has 0 amide bonds. The Bertz CT molecular complexity index is 425. The van der Waals surface area contributed by atoms with Gasteiger partial charge >= 0.3 is 0 Å². The molecule has 0 atom stereocenters. The SMILES string of the molecule is COC1(c2nccc(CNC(C)C)n2)CCC(C)CC1. The Hall–Kier alpha value is -1.00. The molecule has 1 aromatic heterocycles. The fourth-order valence-corrected chi connectivity index (χ4v) is 2.77. The second-order valence-electron chi connectivity index (χ2n) is 6.29. The van der Waals surface area contributed by atoms with Crippen LogP contribution in [0.15, 0.2) is 12.3 Å². The summed E-state index contributed by atoms with van der Waals surface area (Å²) in [5.74, 6) is 1.64. The van der Waals surface area contributed by atoms with E-state index in [1.165, 1.54) is 12.8 Å². The van der Waals surface area contributed by atoms with Crippen LogP contribution in [0.25, 0.3) is 0 Å². The maximum Gasteiger partial charge on any atom is 0.160 e. The topological polar surface area (TPSA) is 47.0 Å². The van der Waals surface area contributed by atoms with Gasteiger partial charge in [0.25, 0.3) is 0 Å². The molecule has 1 heterocycles. The lowest BCUT2D eigenvalue weighted by atomic mass is 9.79. The molecular formula is C16H27N3O. The summed E-state index contributed by atoms with van der Waals surface area (Å²) in [6.07, 6.45) is 6.27. The first-order chi connectivity index (χ1) is 9.55. The van der Waals surface area contributed by atoms with E-state index in [1.54, 1.807) is 7.11 Å². The van der Waals surface area contributed by atoms with Crippen molar-refractivity contribution < 1.29 is 4.74 Å². The lowest BCUT2D eigenvalue weighted by Crippen LogP contribution is -2.35. The molecule has 20 heavy (non-hydrogen) atoms. The predicted octanol–water partition coefficient (Wildman–Crippen LogP) is 3.03. The van der Waals surface area contributed by atoms with E-state index in [0.717, 1.165) is 36.8 Å². The van der Waals surface area contributed by atoms with Crippen LogP contribution in [0.5, 0.6) is 0 Å². The van der Waals surface area contributed by atoms with Crippen LogP contribution >= 0.6 is 0 Å². The zero-order valence-corrected chi connectivity index (χ0v) is 13.1.